The molecule has 0 radical (unpaired) electrons. The lowest BCUT2D eigenvalue weighted by molar-refractivity contribution is -0.138. The van der Waals surface area contributed by atoms with Gasteiger partial charge in [0.25, 0.3) is 0 Å². The Kier molecular flexibility index (Phi) is 5.32. The number of carboxylic acids is 1. The molecule has 0 aliphatic rings. The van der Waals surface area contributed by atoms with Gasteiger partial charge in [0.1, 0.15) is 0 Å². The molecule has 5 heteroatoms. The van der Waals surface area contributed by atoms with Gasteiger partial charge in [-0.15, -0.1) is 0 Å². The van der Waals surface area contributed by atoms with E-state index in [1.165, 1.54) is 0 Å². The van der Waals surface area contributed by atoms with Gasteiger partial charge in [0.2, 0.25) is 0 Å². The van der Waals surface area contributed by atoms with E-state index >= 15 is 0 Å². The van der Waals surface area contributed by atoms with E-state index in [0.717, 1.165) is 5.56 Å². The van der Waals surface area contributed by atoms with Crippen LogP contribution in [-0.2, 0) is 16.0 Å². The Morgan fingerprint density at radius 1 is 1.35 bits per heavy atom. The highest BCUT2D eigenvalue weighted by molar-refractivity contribution is 5.95. The molecule has 0 unspecified atom stereocenters. The quantitative estimate of drug-likeness (QED) is 0.637. The number of anilines is 1. The molecule has 0 aromatic heterocycles. The number of carboxylic acid groups (broad SMARTS) is 1. The molecule has 108 valence electrons. The van der Waals surface area contributed by atoms with Crippen molar-refractivity contribution in [1.82, 2.24) is 0 Å². The van der Waals surface area contributed by atoms with Crippen LogP contribution in [0.1, 0.15) is 22.8 Å². The van der Waals surface area contributed by atoms with Gasteiger partial charge in [0, 0.05) is 26.1 Å². The average molecular weight is 277 g/mol. The van der Waals surface area contributed by atoms with Crippen LogP contribution in [0.2, 0.25) is 0 Å². The maximum Gasteiger partial charge on any atom is 0.337 e. The molecule has 5 nitrogen and oxygen atoms in total. The number of hydrogen-bond donors (Lipinski definition) is 1. The lowest BCUT2D eigenvalue weighted by Gasteiger charge is -2.20. The number of benzene rings is 1. The third kappa shape index (κ3) is 3.85. The van der Waals surface area contributed by atoms with E-state index < -0.39 is 11.9 Å². The van der Waals surface area contributed by atoms with Gasteiger partial charge in [0.15, 0.2) is 0 Å². The molecule has 0 amide bonds. The first-order chi connectivity index (χ1) is 9.34. The van der Waals surface area contributed by atoms with E-state index in [-0.39, 0.29) is 12.2 Å². The molecule has 0 aliphatic heterocycles. The highest BCUT2D eigenvalue weighted by Crippen LogP contribution is 2.24. The van der Waals surface area contributed by atoms with Gasteiger partial charge in [-0.05, 0) is 18.6 Å². The summed E-state index contributed by atoms with van der Waals surface area (Å²) in [6.45, 7) is 5.28. The van der Waals surface area contributed by atoms with Gasteiger partial charge < -0.3 is 14.7 Å². The lowest BCUT2D eigenvalue weighted by Crippen LogP contribution is -2.17. The fourth-order valence-electron chi connectivity index (χ4n) is 1.87. The van der Waals surface area contributed by atoms with E-state index in [0.29, 0.717) is 17.7 Å². The first-order valence-corrected chi connectivity index (χ1v) is 6.19. The zero-order valence-electron chi connectivity index (χ0n) is 12.0. The monoisotopic (exact) mass is 277 g/mol. The third-order valence-electron chi connectivity index (χ3n) is 2.75. The molecule has 0 bridgehead atoms. The Labute approximate surface area is 118 Å². The minimum Gasteiger partial charge on any atom is -0.478 e. The Morgan fingerprint density at radius 2 is 2.00 bits per heavy atom. The second-order valence-corrected chi connectivity index (χ2v) is 4.68. The van der Waals surface area contributed by atoms with Gasteiger partial charge in [-0.1, -0.05) is 18.7 Å². The SMILES string of the molecule is C=C(C)C(=O)OCCc1cccc(C(=O)O)c1N(C)C. The van der Waals surface area contributed by atoms with Gasteiger partial charge in [-0.25, -0.2) is 9.59 Å². The third-order valence-corrected chi connectivity index (χ3v) is 2.75. The molecule has 0 atom stereocenters. The molecule has 0 heterocycles. The first kappa shape index (κ1) is 15.8. The van der Waals surface area contributed by atoms with Crippen molar-refractivity contribution in [3.63, 3.8) is 0 Å². The average Bonchev–Trinajstić information content (AvgIpc) is 2.37. The molecule has 0 spiro atoms. The largest absolute Gasteiger partial charge is 0.478 e. The van der Waals surface area contributed by atoms with Crippen molar-refractivity contribution in [1.29, 1.82) is 0 Å². The van der Waals surface area contributed by atoms with E-state index in [2.05, 4.69) is 6.58 Å². The normalized spacial score (nSPS) is 9.95. The van der Waals surface area contributed by atoms with Crippen molar-refractivity contribution >= 4 is 17.6 Å². The standard InChI is InChI=1S/C15H19NO4/c1-10(2)15(19)20-9-8-11-6-5-7-12(14(17)18)13(11)16(3)4/h5-7H,1,8-9H2,2-4H3,(H,17,18). The van der Waals surface area contributed by atoms with Crippen LogP contribution in [-0.4, -0.2) is 37.7 Å². The van der Waals surface area contributed by atoms with Crippen LogP contribution >= 0.6 is 0 Å². The lowest BCUT2D eigenvalue weighted by atomic mass is 10.0. The van der Waals surface area contributed by atoms with Gasteiger partial charge in [-0.3, -0.25) is 0 Å². The minimum absolute atomic E-state index is 0.190. The van der Waals surface area contributed by atoms with E-state index in [1.807, 2.05) is 6.07 Å². The Hall–Kier alpha value is -2.30. The number of aromatic carboxylic acids is 1. The number of rotatable bonds is 6. The maximum absolute atomic E-state index is 11.3. The van der Waals surface area contributed by atoms with Gasteiger partial charge in [0.05, 0.1) is 17.9 Å². The van der Waals surface area contributed by atoms with Crippen molar-refractivity contribution in [3.8, 4) is 0 Å². The second kappa shape index (κ2) is 6.75. The van der Waals surface area contributed by atoms with Crippen molar-refractivity contribution in [2.45, 2.75) is 13.3 Å². The summed E-state index contributed by atoms with van der Waals surface area (Å²) in [7, 11) is 3.57. The van der Waals surface area contributed by atoms with Crippen molar-refractivity contribution in [3.05, 3.63) is 41.5 Å². The highest BCUT2D eigenvalue weighted by atomic mass is 16.5. The molecule has 20 heavy (non-hydrogen) atoms. The number of hydrogen-bond acceptors (Lipinski definition) is 4. The molecule has 1 N–H and O–H groups in total. The number of ether oxygens (including phenoxy) is 1. The van der Waals surface area contributed by atoms with Crippen LogP contribution < -0.4 is 4.90 Å². The predicted molar refractivity (Wildman–Crippen MR) is 77.2 cm³/mol. The minimum atomic E-state index is -0.977. The molecule has 1 rings (SSSR count). The van der Waals surface area contributed by atoms with Crippen LogP contribution in [0.15, 0.2) is 30.4 Å². The number of carbonyl (C=O) groups excluding carboxylic acids is 1. The summed E-state index contributed by atoms with van der Waals surface area (Å²) in [6.07, 6.45) is 0.452. The number of nitrogens with zero attached hydrogens (tertiary/aromatic N) is 1. The van der Waals surface area contributed by atoms with Crippen LogP contribution in [0.3, 0.4) is 0 Å². The van der Waals surface area contributed by atoms with E-state index in [1.54, 1.807) is 38.1 Å². The predicted octanol–water partition coefficient (Wildman–Crippen LogP) is 2.11. The van der Waals surface area contributed by atoms with E-state index in [4.69, 9.17) is 4.74 Å². The molecule has 1 aromatic rings. The highest BCUT2D eigenvalue weighted by Gasteiger charge is 2.15. The fourth-order valence-corrected chi connectivity index (χ4v) is 1.87. The molecule has 0 fully saturated rings. The smallest absolute Gasteiger partial charge is 0.337 e. The van der Waals surface area contributed by atoms with Crippen LogP contribution in [0.5, 0.6) is 0 Å². The van der Waals surface area contributed by atoms with Crippen LogP contribution in [0.4, 0.5) is 5.69 Å². The molecule has 1 aromatic carbocycles. The summed E-state index contributed by atoms with van der Waals surface area (Å²) in [5.74, 6) is -1.42. The molecule has 0 aliphatic carbocycles. The molecule has 0 saturated heterocycles. The summed E-state index contributed by atoms with van der Waals surface area (Å²) in [5, 5.41) is 9.20. The number of para-hydroxylation sites is 1. The van der Waals surface area contributed by atoms with Crippen molar-refractivity contribution in [2.75, 3.05) is 25.6 Å². The summed E-state index contributed by atoms with van der Waals surface area (Å²) in [5.41, 5.74) is 2.03. The topological polar surface area (TPSA) is 66.8 Å². The maximum atomic E-state index is 11.3. The Balaban J connectivity index is 2.90. The fraction of sp³-hybridized carbons (Fsp3) is 0.333. The summed E-state index contributed by atoms with van der Waals surface area (Å²) < 4.78 is 5.04. The number of carbonyl (C=O) groups is 2. The zero-order valence-corrected chi connectivity index (χ0v) is 12.0. The number of esters is 1. The Morgan fingerprint density at radius 3 is 2.50 bits per heavy atom. The first-order valence-electron chi connectivity index (χ1n) is 6.19. The van der Waals surface area contributed by atoms with E-state index in [9.17, 15) is 14.7 Å². The van der Waals surface area contributed by atoms with Crippen molar-refractivity contribution < 1.29 is 19.4 Å². The van der Waals surface area contributed by atoms with Gasteiger partial charge >= 0.3 is 11.9 Å². The Bertz CT molecular complexity index is 535. The van der Waals surface area contributed by atoms with Crippen LogP contribution in [0.25, 0.3) is 0 Å². The van der Waals surface area contributed by atoms with Crippen molar-refractivity contribution in [2.24, 2.45) is 0 Å². The summed E-state index contributed by atoms with van der Waals surface area (Å²) in [4.78, 5) is 24.3. The zero-order chi connectivity index (χ0) is 15.3. The molecule has 0 saturated carbocycles. The van der Waals surface area contributed by atoms with Gasteiger partial charge in [-0.2, -0.15) is 0 Å². The summed E-state index contributed by atoms with van der Waals surface area (Å²) in [6, 6.07) is 5.07. The molecular weight excluding hydrogens is 258 g/mol. The summed E-state index contributed by atoms with van der Waals surface area (Å²) >= 11 is 0. The van der Waals surface area contributed by atoms with Crippen LogP contribution in [0, 0.1) is 0 Å². The molecular formula is C15H19NO4. The second-order valence-electron chi connectivity index (χ2n) is 4.68.